The molecule has 0 atom stereocenters. The van der Waals surface area contributed by atoms with Gasteiger partial charge in [-0.3, -0.25) is 14.7 Å². The van der Waals surface area contributed by atoms with Crippen LogP contribution in [0.15, 0.2) is 219 Å². The SMILES string of the molecule is c1ccc(N(c2ccc(B(c3ccc(N(c4ccccn4)c4ccccn4)cc3)c3ccc(N(c4ccccn4)c4ccccn4)cc3)cc2)c2ccccn2)nc1. The number of rotatable bonds is 12. The summed E-state index contributed by atoms with van der Waals surface area (Å²) in [5.41, 5.74) is 6.24. The molecule has 58 heavy (non-hydrogen) atoms. The average molecular weight is 750 g/mol. The highest BCUT2D eigenvalue weighted by molar-refractivity contribution is 6.95. The molecule has 0 bridgehead atoms. The number of hydrogen-bond acceptors (Lipinski definition) is 9. The Morgan fingerprint density at radius 3 is 0.621 bits per heavy atom. The van der Waals surface area contributed by atoms with Crippen molar-refractivity contribution < 1.29 is 0 Å². The summed E-state index contributed by atoms with van der Waals surface area (Å²) in [6.45, 7) is -0.105. The second kappa shape index (κ2) is 16.8. The molecule has 0 N–H and O–H groups in total. The molecular formula is C48H36BN9. The summed E-state index contributed by atoms with van der Waals surface area (Å²) in [5.74, 6) is 4.71. The standard InChI is InChI=1S/C48H36BN9/c1-7-31-50-43(13-1)56(44-14-2-8-32-51-44)40-25-19-37(20-26-40)49(38-21-27-41(28-22-38)57(45-15-3-9-33-52-45)46-16-4-10-34-53-46)39-23-29-42(30-24-39)58(47-17-5-11-35-54-47)48-18-6-12-36-55-48/h1-36H. The maximum atomic E-state index is 4.68. The third-order valence-corrected chi connectivity index (χ3v) is 9.72. The second-order valence-corrected chi connectivity index (χ2v) is 13.3. The summed E-state index contributed by atoms with van der Waals surface area (Å²) in [6, 6.07) is 61.4. The van der Waals surface area contributed by atoms with Gasteiger partial charge in [0.05, 0.1) is 0 Å². The molecule has 0 aliphatic carbocycles. The second-order valence-electron chi connectivity index (χ2n) is 13.3. The molecule has 0 spiro atoms. The molecular weight excluding hydrogens is 713 g/mol. The first-order valence-electron chi connectivity index (χ1n) is 19.0. The zero-order valence-corrected chi connectivity index (χ0v) is 31.4. The molecule has 9 nitrogen and oxygen atoms in total. The average Bonchev–Trinajstić information content (AvgIpc) is 3.30. The molecule has 0 fully saturated rings. The summed E-state index contributed by atoms with van der Waals surface area (Å²) in [6.07, 6.45) is 10.8. The fourth-order valence-electron chi connectivity index (χ4n) is 7.09. The quantitative estimate of drug-likeness (QED) is 0.114. The van der Waals surface area contributed by atoms with Crippen LogP contribution >= 0.6 is 0 Å². The van der Waals surface area contributed by atoms with E-state index in [2.05, 4.69) is 117 Å². The Labute approximate surface area is 337 Å². The van der Waals surface area contributed by atoms with Crippen LogP contribution in [-0.2, 0) is 0 Å². The molecule has 9 aromatic rings. The van der Waals surface area contributed by atoms with E-state index in [9.17, 15) is 0 Å². The summed E-state index contributed by atoms with van der Waals surface area (Å²) in [5, 5.41) is 0. The first kappa shape index (κ1) is 35.7. The van der Waals surface area contributed by atoms with Gasteiger partial charge in [0, 0.05) is 54.2 Å². The van der Waals surface area contributed by atoms with Gasteiger partial charge in [-0.25, -0.2) is 29.9 Å². The topological polar surface area (TPSA) is 87.1 Å². The Hall–Kier alpha value is -7.98. The maximum absolute atomic E-state index is 4.68. The zero-order chi connectivity index (χ0) is 38.9. The highest BCUT2D eigenvalue weighted by Gasteiger charge is 2.25. The van der Waals surface area contributed by atoms with Gasteiger partial charge in [0.15, 0.2) is 0 Å². The van der Waals surface area contributed by atoms with E-state index in [4.69, 9.17) is 0 Å². The van der Waals surface area contributed by atoms with Crippen molar-refractivity contribution in [2.75, 3.05) is 14.7 Å². The van der Waals surface area contributed by atoms with E-state index in [1.807, 2.05) is 109 Å². The van der Waals surface area contributed by atoms with Crippen molar-refractivity contribution in [1.29, 1.82) is 0 Å². The van der Waals surface area contributed by atoms with E-state index in [0.717, 1.165) is 68.4 Å². The largest absolute Gasteiger partial charge is 0.279 e. The predicted molar refractivity (Wildman–Crippen MR) is 235 cm³/mol. The molecule has 0 radical (unpaired) electrons. The summed E-state index contributed by atoms with van der Waals surface area (Å²) >= 11 is 0. The van der Waals surface area contributed by atoms with Crippen LogP contribution in [0.3, 0.4) is 0 Å². The van der Waals surface area contributed by atoms with Crippen molar-refractivity contribution in [2.24, 2.45) is 0 Å². The third kappa shape index (κ3) is 7.62. The van der Waals surface area contributed by atoms with E-state index in [-0.39, 0.29) is 6.71 Å². The van der Waals surface area contributed by atoms with Crippen molar-refractivity contribution in [1.82, 2.24) is 29.9 Å². The molecule has 6 heterocycles. The molecule has 276 valence electrons. The minimum Gasteiger partial charge on any atom is -0.279 e. The Bertz CT molecular complexity index is 2220. The van der Waals surface area contributed by atoms with Gasteiger partial charge in [0.2, 0.25) is 6.71 Å². The van der Waals surface area contributed by atoms with Crippen molar-refractivity contribution in [3.8, 4) is 0 Å². The molecule has 0 saturated heterocycles. The predicted octanol–water partition coefficient (Wildman–Crippen LogP) is 8.98. The maximum Gasteiger partial charge on any atom is 0.241 e. The first-order chi connectivity index (χ1) is 28.8. The summed E-state index contributed by atoms with van der Waals surface area (Å²) in [7, 11) is 0. The monoisotopic (exact) mass is 749 g/mol. The molecule has 0 saturated carbocycles. The number of aromatic nitrogens is 6. The lowest BCUT2D eigenvalue weighted by Gasteiger charge is -2.25. The third-order valence-electron chi connectivity index (χ3n) is 9.72. The fourth-order valence-corrected chi connectivity index (χ4v) is 7.09. The van der Waals surface area contributed by atoms with E-state index >= 15 is 0 Å². The minimum absolute atomic E-state index is 0.105. The van der Waals surface area contributed by atoms with E-state index < -0.39 is 0 Å². The van der Waals surface area contributed by atoms with Crippen LogP contribution < -0.4 is 31.1 Å². The highest BCUT2D eigenvalue weighted by atomic mass is 15.3. The zero-order valence-electron chi connectivity index (χ0n) is 31.4. The van der Waals surface area contributed by atoms with Crippen LogP contribution in [0.5, 0.6) is 0 Å². The number of benzene rings is 3. The Morgan fingerprint density at radius 1 is 0.241 bits per heavy atom. The number of pyridine rings is 6. The van der Waals surface area contributed by atoms with Crippen molar-refractivity contribution in [2.45, 2.75) is 0 Å². The van der Waals surface area contributed by atoms with Crippen LogP contribution in [0.1, 0.15) is 0 Å². The molecule has 0 unspecified atom stereocenters. The van der Waals surface area contributed by atoms with Gasteiger partial charge in [-0.1, -0.05) is 89.2 Å². The number of nitrogens with zero attached hydrogens (tertiary/aromatic N) is 9. The Morgan fingerprint density at radius 2 is 0.448 bits per heavy atom. The lowest BCUT2D eigenvalue weighted by Crippen LogP contribution is -2.52. The number of hydrogen-bond donors (Lipinski definition) is 0. The minimum atomic E-state index is -0.105. The normalized spacial score (nSPS) is 10.8. The molecule has 0 aliphatic heterocycles. The summed E-state index contributed by atoms with van der Waals surface area (Å²) < 4.78 is 0. The van der Waals surface area contributed by atoms with Crippen LogP contribution in [0.4, 0.5) is 52.0 Å². The summed E-state index contributed by atoms with van der Waals surface area (Å²) in [4.78, 5) is 34.3. The van der Waals surface area contributed by atoms with Crippen LogP contribution in [0, 0.1) is 0 Å². The Balaban J connectivity index is 1.13. The lowest BCUT2D eigenvalue weighted by molar-refractivity contribution is 1.13. The van der Waals surface area contributed by atoms with E-state index in [0.29, 0.717) is 0 Å². The van der Waals surface area contributed by atoms with Gasteiger partial charge < -0.3 is 0 Å². The van der Waals surface area contributed by atoms with Gasteiger partial charge >= 0.3 is 0 Å². The molecule has 6 aromatic heterocycles. The lowest BCUT2D eigenvalue weighted by atomic mass is 9.37. The van der Waals surface area contributed by atoms with Crippen LogP contribution in [-0.4, -0.2) is 36.6 Å². The highest BCUT2D eigenvalue weighted by Crippen LogP contribution is 2.33. The van der Waals surface area contributed by atoms with E-state index in [1.54, 1.807) is 37.2 Å². The molecule has 0 amide bonds. The van der Waals surface area contributed by atoms with Crippen LogP contribution in [0.25, 0.3) is 0 Å². The van der Waals surface area contributed by atoms with Gasteiger partial charge in [-0.2, -0.15) is 0 Å². The molecule has 10 heteroatoms. The number of anilines is 9. The van der Waals surface area contributed by atoms with Gasteiger partial charge in [0.1, 0.15) is 34.9 Å². The van der Waals surface area contributed by atoms with Gasteiger partial charge in [-0.05, 0) is 109 Å². The molecule has 9 rings (SSSR count). The van der Waals surface area contributed by atoms with Gasteiger partial charge in [0.25, 0.3) is 0 Å². The van der Waals surface area contributed by atoms with Gasteiger partial charge in [-0.15, -0.1) is 0 Å². The smallest absolute Gasteiger partial charge is 0.241 e. The van der Waals surface area contributed by atoms with Crippen molar-refractivity contribution >= 4 is 75.1 Å². The molecule has 3 aromatic carbocycles. The fraction of sp³-hybridized carbons (Fsp3) is 0. The first-order valence-corrected chi connectivity index (χ1v) is 19.0. The van der Waals surface area contributed by atoms with Crippen molar-refractivity contribution in [3.05, 3.63) is 219 Å². The molecule has 0 aliphatic rings. The van der Waals surface area contributed by atoms with Crippen molar-refractivity contribution in [3.63, 3.8) is 0 Å². The van der Waals surface area contributed by atoms with Crippen LogP contribution in [0.2, 0.25) is 0 Å². The Kier molecular flexibility index (Phi) is 10.3. The van der Waals surface area contributed by atoms with E-state index in [1.165, 1.54) is 0 Å².